The Morgan fingerprint density at radius 1 is 1.04 bits per heavy atom. The van der Waals surface area contributed by atoms with Crippen LogP contribution in [-0.4, -0.2) is 26.4 Å². The van der Waals surface area contributed by atoms with Crippen molar-refractivity contribution < 1.29 is 13.2 Å². The molecule has 1 amide bonds. The van der Waals surface area contributed by atoms with Gasteiger partial charge in [0.2, 0.25) is 10.0 Å². The molecule has 0 atom stereocenters. The summed E-state index contributed by atoms with van der Waals surface area (Å²) in [6, 6.07) is 18.7. The second kappa shape index (κ2) is 8.11. The first-order valence-corrected chi connectivity index (χ1v) is 9.77. The summed E-state index contributed by atoms with van der Waals surface area (Å²) in [5, 5.41) is 0. The van der Waals surface area contributed by atoms with Crippen LogP contribution in [0.5, 0.6) is 0 Å². The maximum absolute atomic E-state index is 12.7. The number of benzene rings is 2. The van der Waals surface area contributed by atoms with Gasteiger partial charge in [-0.3, -0.25) is 9.78 Å². The summed E-state index contributed by atoms with van der Waals surface area (Å²) in [7, 11) is -2.10. The fourth-order valence-corrected chi connectivity index (χ4v) is 3.59. The molecule has 1 N–H and O–H groups in total. The summed E-state index contributed by atoms with van der Waals surface area (Å²) in [6.07, 6.45) is 3.22. The van der Waals surface area contributed by atoms with Crippen molar-refractivity contribution in [1.82, 2.24) is 9.71 Å². The maximum atomic E-state index is 12.7. The lowest BCUT2D eigenvalue weighted by Crippen LogP contribution is -2.27. The molecule has 1 aromatic heterocycles. The Morgan fingerprint density at radius 2 is 1.81 bits per heavy atom. The Labute approximate surface area is 158 Å². The second-order valence-electron chi connectivity index (χ2n) is 5.91. The molecule has 138 valence electrons. The van der Waals surface area contributed by atoms with Gasteiger partial charge in [0.1, 0.15) is 0 Å². The number of hydrogen-bond acceptors (Lipinski definition) is 4. The molecule has 0 spiro atoms. The van der Waals surface area contributed by atoms with Crippen molar-refractivity contribution in [3.63, 3.8) is 0 Å². The molecule has 3 aromatic rings. The Morgan fingerprint density at radius 3 is 2.52 bits per heavy atom. The third kappa shape index (κ3) is 4.58. The molecule has 0 aliphatic rings. The third-order valence-electron chi connectivity index (χ3n) is 4.03. The van der Waals surface area contributed by atoms with Crippen LogP contribution in [-0.2, 0) is 16.6 Å². The number of nitrogens with one attached hydrogen (secondary N) is 1. The fourth-order valence-electron chi connectivity index (χ4n) is 2.52. The molecule has 3 rings (SSSR count). The molecule has 0 saturated carbocycles. The van der Waals surface area contributed by atoms with Crippen molar-refractivity contribution >= 4 is 21.6 Å². The number of pyridine rings is 1. The molecule has 7 heteroatoms. The number of rotatable bonds is 6. The zero-order valence-corrected chi connectivity index (χ0v) is 15.6. The van der Waals surface area contributed by atoms with E-state index in [4.69, 9.17) is 0 Å². The molecule has 0 aliphatic heterocycles. The van der Waals surface area contributed by atoms with E-state index in [9.17, 15) is 13.2 Å². The van der Waals surface area contributed by atoms with Gasteiger partial charge in [-0.15, -0.1) is 0 Å². The van der Waals surface area contributed by atoms with Gasteiger partial charge in [-0.05, 0) is 42.0 Å². The van der Waals surface area contributed by atoms with Gasteiger partial charge in [0, 0.05) is 37.2 Å². The first-order chi connectivity index (χ1) is 13.0. The van der Waals surface area contributed by atoms with Gasteiger partial charge in [-0.25, -0.2) is 13.1 Å². The van der Waals surface area contributed by atoms with E-state index in [0.717, 1.165) is 11.3 Å². The number of carbonyl (C=O) groups excluding carboxylic acids is 1. The van der Waals surface area contributed by atoms with Gasteiger partial charge in [0.15, 0.2) is 0 Å². The van der Waals surface area contributed by atoms with E-state index in [1.54, 1.807) is 43.7 Å². The van der Waals surface area contributed by atoms with E-state index in [-0.39, 0.29) is 17.3 Å². The number of anilines is 1. The number of hydrogen-bond donors (Lipinski definition) is 1. The molecule has 27 heavy (non-hydrogen) atoms. The van der Waals surface area contributed by atoms with Crippen LogP contribution in [0.3, 0.4) is 0 Å². The number of sulfonamides is 1. The molecule has 0 bridgehead atoms. The van der Waals surface area contributed by atoms with Crippen LogP contribution in [0, 0.1) is 0 Å². The quantitative estimate of drug-likeness (QED) is 0.712. The van der Waals surface area contributed by atoms with E-state index in [1.807, 2.05) is 30.3 Å². The number of para-hydroxylation sites is 1. The minimum absolute atomic E-state index is 0.0405. The first-order valence-electron chi connectivity index (χ1n) is 8.29. The molecule has 0 fully saturated rings. The highest BCUT2D eigenvalue weighted by molar-refractivity contribution is 7.89. The van der Waals surface area contributed by atoms with E-state index < -0.39 is 10.0 Å². The summed E-state index contributed by atoms with van der Waals surface area (Å²) < 4.78 is 27.7. The van der Waals surface area contributed by atoms with Gasteiger partial charge >= 0.3 is 0 Å². The Kier molecular flexibility index (Phi) is 5.63. The lowest BCUT2D eigenvalue weighted by molar-refractivity contribution is 0.0993. The van der Waals surface area contributed by atoms with Gasteiger partial charge in [0.05, 0.1) is 4.90 Å². The van der Waals surface area contributed by atoms with E-state index in [1.165, 1.54) is 17.0 Å². The van der Waals surface area contributed by atoms with E-state index in [0.29, 0.717) is 5.56 Å². The average molecular weight is 381 g/mol. The van der Waals surface area contributed by atoms with Crippen molar-refractivity contribution in [1.29, 1.82) is 0 Å². The molecule has 1 heterocycles. The Bertz CT molecular complexity index is 1020. The number of carbonyl (C=O) groups is 1. The predicted octanol–water partition coefficient (Wildman–Crippen LogP) is 2.84. The van der Waals surface area contributed by atoms with Crippen LogP contribution < -0.4 is 9.62 Å². The molecule has 0 radical (unpaired) electrons. The Balaban J connectivity index is 1.79. The topological polar surface area (TPSA) is 79.4 Å². The van der Waals surface area contributed by atoms with Crippen LogP contribution in [0.4, 0.5) is 5.69 Å². The smallest absolute Gasteiger partial charge is 0.258 e. The highest BCUT2D eigenvalue weighted by atomic mass is 32.2. The molecule has 2 aromatic carbocycles. The van der Waals surface area contributed by atoms with Gasteiger partial charge < -0.3 is 4.90 Å². The molecule has 0 unspecified atom stereocenters. The summed E-state index contributed by atoms with van der Waals surface area (Å²) in [5.41, 5.74) is 1.77. The molecule has 6 nitrogen and oxygen atoms in total. The standard InChI is InChI=1S/C20H19N3O3S/c1-23(18-9-3-2-4-10-18)20(24)17-8-5-11-19(13-17)27(25,26)22-15-16-7-6-12-21-14-16/h2-14,22H,15H2,1H3. The fraction of sp³-hybridized carbons (Fsp3) is 0.100. The maximum Gasteiger partial charge on any atom is 0.258 e. The summed E-state index contributed by atoms with van der Waals surface area (Å²) in [6.45, 7) is 0.123. The van der Waals surface area contributed by atoms with Crippen molar-refractivity contribution in [3.8, 4) is 0 Å². The van der Waals surface area contributed by atoms with Crippen LogP contribution in [0.15, 0.2) is 84.0 Å². The summed E-state index contributed by atoms with van der Waals surface area (Å²) in [5.74, 6) is -0.287. The minimum atomic E-state index is -3.75. The van der Waals surface area contributed by atoms with Crippen molar-refractivity contribution in [2.45, 2.75) is 11.4 Å². The SMILES string of the molecule is CN(C(=O)c1cccc(S(=O)(=O)NCc2cccnc2)c1)c1ccccc1. The number of aromatic nitrogens is 1. The monoisotopic (exact) mass is 381 g/mol. The molecular formula is C20H19N3O3S. The van der Waals surface area contributed by atoms with Crippen LogP contribution >= 0.6 is 0 Å². The van der Waals surface area contributed by atoms with Crippen LogP contribution in [0.2, 0.25) is 0 Å². The van der Waals surface area contributed by atoms with Crippen LogP contribution in [0.25, 0.3) is 0 Å². The number of amides is 1. The summed E-state index contributed by atoms with van der Waals surface area (Å²) in [4.78, 5) is 18.2. The predicted molar refractivity (Wildman–Crippen MR) is 104 cm³/mol. The average Bonchev–Trinajstić information content (AvgIpc) is 2.73. The van der Waals surface area contributed by atoms with Crippen molar-refractivity contribution in [2.24, 2.45) is 0 Å². The highest BCUT2D eigenvalue weighted by Gasteiger charge is 2.18. The zero-order chi connectivity index (χ0) is 19.3. The van der Waals surface area contributed by atoms with Gasteiger partial charge in [-0.1, -0.05) is 30.3 Å². The van der Waals surface area contributed by atoms with E-state index >= 15 is 0 Å². The lowest BCUT2D eigenvalue weighted by atomic mass is 10.2. The highest BCUT2D eigenvalue weighted by Crippen LogP contribution is 2.17. The largest absolute Gasteiger partial charge is 0.311 e. The first kappa shape index (κ1) is 18.8. The zero-order valence-electron chi connectivity index (χ0n) is 14.7. The lowest BCUT2D eigenvalue weighted by Gasteiger charge is -2.17. The van der Waals surface area contributed by atoms with Crippen molar-refractivity contribution in [3.05, 3.63) is 90.3 Å². The van der Waals surface area contributed by atoms with Crippen LogP contribution in [0.1, 0.15) is 15.9 Å². The number of nitrogens with zero attached hydrogens (tertiary/aromatic N) is 2. The molecule has 0 aliphatic carbocycles. The molecular weight excluding hydrogens is 362 g/mol. The van der Waals surface area contributed by atoms with E-state index in [2.05, 4.69) is 9.71 Å². The molecule has 0 saturated heterocycles. The van der Waals surface area contributed by atoms with Crippen molar-refractivity contribution in [2.75, 3.05) is 11.9 Å². The minimum Gasteiger partial charge on any atom is -0.311 e. The summed E-state index contributed by atoms with van der Waals surface area (Å²) >= 11 is 0. The third-order valence-corrected chi connectivity index (χ3v) is 5.43. The Hall–Kier alpha value is -3.03. The van der Waals surface area contributed by atoms with Gasteiger partial charge in [0.25, 0.3) is 5.91 Å². The normalized spacial score (nSPS) is 11.1. The van der Waals surface area contributed by atoms with Gasteiger partial charge in [-0.2, -0.15) is 0 Å². The second-order valence-corrected chi connectivity index (χ2v) is 7.68.